The third kappa shape index (κ3) is 3.63. The van der Waals surface area contributed by atoms with Crippen molar-refractivity contribution < 1.29 is 4.74 Å². The Morgan fingerprint density at radius 3 is 2.50 bits per heavy atom. The summed E-state index contributed by atoms with van der Waals surface area (Å²) in [6, 6.07) is 4.10. The van der Waals surface area contributed by atoms with Gasteiger partial charge in [0.2, 0.25) is 0 Å². The predicted octanol–water partition coefficient (Wildman–Crippen LogP) is 5.29. The molecule has 1 nitrogen and oxygen atoms in total. The van der Waals surface area contributed by atoms with E-state index in [1.807, 2.05) is 13.0 Å². The molecule has 0 heterocycles. The molecule has 0 spiro atoms. The van der Waals surface area contributed by atoms with Gasteiger partial charge in [-0.1, -0.05) is 36.4 Å². The molecule has 1 rings (SSSR count). The van der Waals surface area contributed by atoms with Gasteiger partial charge in [0.1, 0.15) is 12.4 Å². The van der Waals surface area contributed by atoms with Crippen LogP contribution in [0.25, 0.3) is 0 Å². The zero-order valence-electron chi connectivity index (χ0n) is 9.81. The first-order valence-electron chi connectivity index (χ1n) is 5.18. The number of benzene rings is 1. The predicted molar refractivity (Wildman–Crippen MR) is 76.2 cm³/mol. The molecule has 88 valence electrons. The molecule has 0 aliphatic rings. The van der Waals surface area contributed by atoms with E-state index in [0.29, 0.717) is 12.5 Å². The Labute approximate surface area is 114 Å². The summed E-state index contributed by atoms with van der Waals surface area (Å²) in [6.07, 6.45) is 0. The Morgan fingerprint density at radius 1 is 1.38 bits per heavy atom. The van der Waals surface area contributed by atoms with Crippen molar-refractivity contribution in [3.8, 4) is 5.75 Å². The highest BCUT2D eigenvalue weighted by Crippen LogP contribution is 2.37. The summed E-state index contributed by atoms with van der Waals surface area (Å²) in [4.78, 5) is 0. The average Bonchev–Trinajstić information content (AvgIpc) is 2.14. The van der Waals surface area contributed by atoms with Crippen molar-refractivity contribution in [2.75, 3.05) is 6.61 Å². The first-order valence-corrected chi connectivity index (χ1v) is 6.76. The van der Waals surface area contributed by atoms with Crippen LogP contribution in [0.3, 0.4) is 0 Å². The quantitative estimate of drug-likeness (QED) is 0.672. The van der Waals surface area contributed by atoms with Gasteiger partial charge in [-0.2, -0.15) is 0 Å². The SMILES string of the molecule is C=C(C)COc1c(Br)cc(Br)cc1C(C)C. The zero-order chi connectivity index (χ0) is 12.3. The van der Waals surface area contributed by atoms with Crippen LogP contribution < -0.4 is 4.74 Å². The van der Waals surface area contributed by atoms with Crippen molar-refractivity contribution in [1.29, 1.82) is 0 Å². The molecule has 1 aromatic rings. The van der Waals surface area contributed by atoms with Crippen LogP contribution in [-0.4, -0.2) is 6.61 Å². The van der Waals surface area contributed by atoms with Gasteiger partial charge in [-0.05, 0) is 52.0 Å². The van der Waals surface area contributed by atoms with Crippen molar-refractivity contribution in [3.63, 3.8) is 0 Å². The molecule has 0 radical (unpaired) electrons. The maximum atomic E-state index is 5.78. The van der Waals surface area contributed by atoms with Crippen LogP contribution >= 0.6 is 31.9 Å². The summed E-state index contributed by atoms with van der Waals surface area (Å²) in [6.45, 7) is 10.7. The Morgan fingerprint density at radius 2 is 2.00 bits per heavy atom. The normalized spacial score (nSPS) is 10.6. The number of hydrogen-bond donors (Lipinski definition) is 0. The van der Waals surface area contributed by atoms with Crippen LogP contribution in [0.15, 0.2) is 33.2 Å². The van der Waals surface area contributed by atoms with E-state index < -0.39 is 0 Å². The molecule has 0 fully saturated rings. The fourth-order valence-corrected chi connectivity index (χ4v) is 2.73. The summed E-state index contributed by atoms with van der Waals surface area (Å²) in [5, 5.41) is 0. The molecular formula is C13H16Br2O. The number of hydrogen-bond acceptors (Lipinski definition) is 1. The topological polar surface area (TPSA) is 9.23 Å². The molecule has 0 aliphatic carbocycles. The lowest BCUT2D eigenvalue weighted by atomic mass is 10.0. The summed E-state index contributed by atoms with van der Waals surface area (Å²) in [7, 11) is 0. The van der Waals surface area contributed by atoms with Gasteiger partial charge >= 0.3 is 0 Å². The van der Waals surface area contributed by atoms with E-state index in [1.54, 1.807) is 0 Å². The summed E-state index contributed by atoms with van der Waals surface area (Å²) >= 11 is 7.02. The Balaban J connectivity index is 3.08. The second-order valence-corrected chi connectivity index (χ2v) is 5.98. The number of ether oxygens (including phenoxy) is 1. The highest BCUT2D eigenvalue weighted by Gasteiger charge is 2.13. The molecule has 0 atom stereocenters. The van der Waals surface area contributed by atoms with Crippen LogP contribution in [0.2, 0.25) is 0 Å². The maximum Gasteiger partial charge on any atom is 0.137 e. The maximum absolute atomic E-state index is 5.78. The summed E-state index contributed by atoms with van der Waals surface area (Å²) in [5.41, 5.74) is 2.21. The molecule has 0 aliphatic heterocycles. The molecule has 0 saturated carbocycles. The van der Waals surface area contributed by atoms with Crippen LogP contribution in [0, 0.1) is 0 Å². The van der Waals surface area contributed by atoms with E-state index in [4.69, 9.17) is 4.74 Å². The summed E-state index contributed by atoms with van der Waals surface area (Å²) < 4.78 is 7.82. The third-order valence-electron chi connectivity index (χ3n) is 2.12. The van der Waals surface area contributed by atoms with E-state index in [2.05, 4.69) is 58.4 Å². The largest absolute Gasteiger partial charge is 0.488 e. The molecule has 0 amide bonds. The molecule has 3 heteroatoms. The number of halogens is 2. The van der Waals surface area contributed by atoms with Gasteiger partial charge in [-0.25, -0.2) is 0 Å². The molecule has 1 aromatic carbocycles. The Kier molecular flexibility index (Phi) is 5.06. The molecule has 16 heavy (non-hydrogen) atoms. The second kappa shape index (κ2) is 5.87. The van der Waals surface area contributed by atoms with Crippen LogP contribution in [0.4, 0.5) is 0 Å². The van der Waals surface area contributed by atoms with Gasteiger partial charge in [0, 0.05) is 4.47 Å². The fourth-order valence-electron chi connectivity index (χ4n) is 1.36. The minimum atomic E-state index is 0.425. The van der Waals surface area contributed by atoms with Crippen molar-refractivity contribution in [2.24, 2.45) is 0 Å². The van der Waals surface area contributed by atoms with Gasteiger partial charge < -0.3 is 4.74 Å². The highest BCUT2D eigenvalue weighted by atomic mass is 79.9. The summed E-state index contributed by atoms with van der Waals surface area (Å²) in [5.74, 6) is 1.34. The lowest BCUT2D eigenvalue weighted by Gasteiger charge is -2.16. The van der Waals surface area contributed by atoms with Crippen molar-refractivity contribution in [2.45, 2.75) is 26.7 Å². The standard InChI is InChI=1S/C13H16Br2O/c1-8(2)7-16-13-11(9(3)4)5-10(14)6-12(13)15/h5-6,9H,1,7H2,2-4H3. The first-order chi connectivity index (χ1) is 7.41. The Bertz CT molecular complexity index is 397. The van der Waals surface area contributed by atoms with Gasteiger partial charge in [0.15, 0.2) is 0 Å². The number of rotatable bonds is 4. The minimum absolute atomic E-state index is 0.425. The molecule has 0 saturated heterocycles. The fraction of sp³-hybridized carbons (Fsp3) is 0.385. The lowest BCUT2D eigenvalue weighted by molar-refractivity contribution is 0.345. The molecule has 0 bridgehead atoms. The van der Waals surface area contributed by atoms with Gasteiger partial charge in [-0.3, -0.25) is 0 Å². The smallest absolute Gasteiger partial charge is 0.137 e. The van der Waals surface area contributed by atoms with Gasteiger partial charge in [-0.15, -0.1) is 0 Å². The van der Waals surface area contributed by atoms with E-state index in [-0.39, 0.29) is 0 Å². The van der Waals surface area contributed by atoms with Crippen LogP contribution in [0.1, 0.15) is 32.3 Å². The van der Waals surface area contributed by atoms with Crippen LogP contribution in [-0.2, 0) is 0 Å². The lowest BCUT2D eigenvalue weighted by Crippen LogP contribution is -2.02. The van der Waals surface area contributed by atoms with Crippen molar-refractivity contribution in [3.05, 3.63) is 38.8 Å². The zero-order valence-corrected chi connectivity index (χ0v) is 13.0. The third-order valence-corrected chi connectivity index (χ3v) is 3.17. The van der Waals surface area contributed by atoms with Crippen molar-refractivity contribution >= 4 is 31.9 Å². The van der Waals surface area contributed by atoms with Crippen molar-refractivity contribution in [1.82, 2.24) is 0 Å². The monoisotopic (exact) mass is 346 g/mol. The van der Waals surface area contributed by atoms with E-state index in [1.165, 1.54) is 5.56 Å². The highest BCUT2D eigenvalue weighted by molar-refractivity contribution is 9.11. The Hall–Kier alpha value is -0.280. The molecule has 0 N–H and O–H groups in total. The average molecular weight is 348 g/mol. The second-order valence-electron chi connectivity index (χ2n) is 4.21. The molecular weight excluding hydrogens is 332 g/mol. The minimum Gasteiger partial charge on any atom is -0.488 e. The first kappa shape index (κ1) is 13.8. The van der Waals surface area contributed by atoms with E-state index in [9.17, 15) is 0 Å². The van der Waals surface area contributed by atoms with Crippen LogP contribution in [0.5, 0.6) is 5.75 Å². The van der Waals surface area contributed by atoms with E-state index in [0.717, 1.165) is 20.3 Å². The molecule has 0 aromatic heterocycles. The van der Waals surface area contributed by atoms with Gasteiger partial charge in [0.05, 0.1) is 4.47 Å². The van der Waals surface area contributed by atoms with Gasteiger partial charge in [0.25, 0.3) is 0 Å². The molecule has 0 unspecified atom stereocenters. The van der Waals surface area contributed by atoms with E-state index >= 15 is 0 Å².